The molecule has 0 atom stereocenters. The number of hydrogen-bond donors (Lipinski definition) is 0. The maximum absolute atomic E-state index is 12.7. The van der Waals surface area contributed by atoms with Gasteiger partial charge < -0.3 is 4.90 Å². The minimum atomic E-state index is 0.0911. The Morgan fingerprint density at radius 2 is 1.96 bits per heavy atom. The van der Waals surface area contributed by atoms with Crippen LogP contribution in [0, 0.1) is 0 Å². The van der Waals surface area contributed by atoms with Crippen molar-refractivity contribution >= 4 is 5.91 Å². The summed E-state index contributed by atoms with van der Waals surface area (Å²) in [5.41, 5.74) is 1.78. The van der Waals surface area contributed by atoms with Gasteiger partial charge >= 0.3 is 0 Å². The van der Waals surface area contributed by atoms with Crippen molar-refractivity contribution in [3.05, 3.63) is 48.0 Å². The predicted molar refractivity (Wildman–Crippen MR) is 87.9 cm³/mol. The normalized spacial score (nSPS) is 15.8. The summed E-state index contributed by atoms with van der Waals surface area (Å²) in [5.74, 6) is 0.0911. The second-order valence-electron chi connectivity index (χ2n) is 5.83. The van der Waals surface area contributed by atoms with Gasteiger partial charge in [0.2, 0.25) is 0 Å². The van der Waals surface area contributed by atoms with Crippen molar-refractivity contribution in [2.45, 2.75) is 26.4 Å². The maximum atomic E-state index is 12.7. The van der Waals surface area contributed by atoms with Crippen molar-refractivity contribution in [3.8, 4) is 0 Å². The molecule has 0 radical (unpaired) electrons. The largest absolute Gasteiger partial charge is 0.335 e. The van der Waals surface area contributed by atoms with Gasteiger partial charge in [-0.15, -0.1) is 0 Å². The lowest BCUT2D eigenvalue weighted by Gasteiger charge is -2.34. The molecule has 0 N–H and O–H groups in total. The highest BCUT2D eigenvalue weighted by atomic mass is 16.2. The van der Waals surface area contributed by atoms with Crippen LogP contribution in [0.15, 0.2) is 36.7 Å². The summed E-state index contributed by atoms with van der Waals surface area (Å²) in [4.78, 5) is 21.3. The van der Waals surface area contributed by atoms with E-state index < -0.39 is 0 Å². The molecule has 1 amide bonds. The average molecular weight is 313 g/mol. The van der Waals surface area contributed by atoms with Gasteiger partial charge in [0.15, 0.2) is 0 Å². The average Bonchev–Trinajstić information content (AvgIpc) is 3.04. The summed E-state index contributed by atoms with van der Waals surface area (Å²) < 4.78 is 1.81. The molecule has 6 heteroatoms. The molecule has 6 nitrogen and oxygen atoms in total. The van der Waals surface area contributed by atoms with Crippen molar-refractivity contribution in [1.29, 1.82) is 0 Å². The van der Waals surface area contributed by atoms with Crippen LogP contribution in [0.25, 0.3) is 0 Å². The molecule has 23 heavy (non-hydrogen) atoms. The van der Waals surface area contributed by atoms with Crippen molar-refractivity contribution in [1.82, 2.24) is 24.6 Å². The Labute approximate surface area is 136 Å². The highest BCUT2D eigenvalue weighted by Crippen LogP contribution is 2.11. The van der Waals surface area contributed by atoms with E-state index in [1.807, 2.05) is 40.0 Å². The molecule has 0 aliphatic carbocycles. The Hall–Kier alpha value is -2.21. The van der Waals surface area contributed by atoms with E-state index in [0.717, 1.165) is 51.4 Å². The molecular formula is C17H23N5O. The third-order valence-corrected chi connectivity index (χ3v) is 4.14. The Morgan fingerprint density at radius 1 is 1.13 bits per heavy atom. The van der Waals surface area contributed by atoms with Crippen molar-refractivity contribution in [3.63, 3.8) is 0 Å². The molecule has 0 unspecified atom stereocenters. The van der Waals surface area contributed by atoms with Gasteiger partial charge in [0.25, 0.3) is 5.91 Å². The number of carbonyl (C=O) groups excluding carboxylic acids is 1. The molecule has 1 saturated heterocycles. The molecule has 0 spiro atoms. The molecule has 2 aromatic heterocycles. The number of pyridine rings is 1. The van der Waals surface area contributed by atoms with Crippen LogP contribution in [0.3, 0.4) is 0 Å². The van der Waals surface area contributed by atoms with Crippen LogP contribution < -0.4 is 0 Å². The van der Waals surface area contributed by atoms with E-state index in [2.05, 4.69) is 21.9 Å². The van der Waals surface area contributed by atoms with Gasteiger partial charge in [-0.05, 0) is 24.6 Å². The van der Waals surface area contributed by atoms with Crippen LogP contribution in [-0.4, -0.2) is 56.7 Å². The second-order valence-corrected chi connectivity index (χ2v) is 5.83. The number of aryl methyl sites for hydroxylation is 1. The van der Waals surface area contributed by atoms with Crippen molar-refractivity contribution in [2.75, 3.05) is 26.2 Å². The summed E-state index contributed by atoms with van der Waals surface area (Å²) in [5, 5.41) is 4.24. The van der Waals surface area contributed by atoms with Crippen LogP contribution in [0.5, 0.6) is 0 Å². The molecule has 0 saturated carbocycles. The van der Waals surface area contributed by atoms with E-state index in [1.165, 1.54) is 0 Å². The summed E-state index contributed by atoms with van der Waals surface area (Å²) in [6.07, 6.45) is 4.50. The Morgan fingerprint density at radius 3 is 2.65 bits per heavy atom. The minimum Gasteiger partial charge on any atom is -0.335 e. The summed E-state index contributed by atoms with van der Waals surface area (Å²) in [7, 11) is 0. The molecule has 3 rings (SSSR count). The molecule has 0 aromatic carbocycles. The zero-order chi connectivity index (χ0) is 16.1. The predicted octanol–water partition coefficient (Wildman–Crippen LogP) is 1.65. The second kappa shape index (κ2) is 7.37. The summed E-state index contributed by atoms with van der Waals surface area (Å²) in [6.45, 7) is 6.98. The number of nitrogens with zero attached hydrogens (tertiary/aromatic N) is 5. The molecular weight excluding hydrogens is 290 g/mol. The molecule has 1 aliphatic heterocycles. The number of rotatable bonds is 5. The van der Waals surface area contributed by atoms with Gasteiger partial charge in [0.1, 0.15) is 5.69 Å². The zero-order valence-corrected chi connectivity index (χ0v) is 13.6. The Bertz CT molecular complexity index is 631. The summed E-state index contributed by atoms with van der Waals surface area (Å²) in [6, 6.07) is 7.80. The molecule has 1 aliphatic rings. The highest BCUT2D eigenvalue weighted by Gasteiger charge is 2.24. The standard InChI is InChI=1S/C17H23N5O/c1-2-9-22-16(6-8-19-22)17(23)21-12-10-20(11-13-21)14-15-5-3-4-7-18-15/h3-8H,2,9-14H2,1H3. The van der Waals surface area contributed by atoms with Crippen LogP contribution >= 0.6 is 0 Å². The van der Waals surface area contributed by atoms with Crippen LogP contribution in [0.1, 0.15) is 29.5 Å². The lowest BCUT2D eigenvalue weighted by molar-refractivity contribution is 0.0614. The monoisotopic (exact) mass is 313 g/mol. The van der Waals surface area contributed by atoms with E-state index >= 15 is 0 Å². The fourth-order valence-electron chi connectivity index (χ4n) is 2.90. The first-order valence-corrected chi connectivity index (χ1v) is 8.21. The van der Waals surface area contributed by atoms with Crippen molar-refractivity contribution < 1.29 is 4.79 Å². The fourth-order valence-corrected chi connectivity index (χ4v) is 2.90. The first-order valence-electron chi connectivity index (χ1n) is 8.21. The quantitative estimate of drug-likeness (QED) is 0.842. The third kappa shape index (κ3) is 3.76. The maximum Gasteiger partial charge on any atom is 0.272 e. The van der Waals surface area contributed by atoms with E-state index in [9.17, 15) is 4.79 Å². The van der Waals surface area contributed by atoms with Crippen LogP contribution in [0.4, 0.5) is 0 Å². The first kappa shape index (κ1) is 15.7. The molecule has 2 aromatic rings. The van der Waals surface area contributed by atoms with Gasteiger partial charge in [-0.3, -0.25) is 19.4 Å². The van der Waals surface area contributed by atoms with Gasteiger partial charge in [-0.25, -0.2) is 0 Å². The van der Waals surface area contributed by atoms with Gasteiger partial charge in [0, 0.05) is 51.7 Å². The Kier molecular flexibility index (Phi) is 5.02. The van der Waals surface area contributed by atoms with Gasteiger partial charge in [0.05, 0.1) is 5.69 Å². The SMILES string of the molecule is CCCn1nccc1C(=O)N1CCN(Cc2ccccn2)CC1. The third-order valence-electron chi connectivity index (χ3n) is 4.14. The summed E-state index contributed by atoms with van der Waals surface area (Å²) >= 11 is 0. The zero-order valence-electron chi connectivity index (χ0n) is 13.6. The Balaban J connectivity index is 1.56. The lowest BCUT2D eigenvalue weighted by atomic mass is 10.2. The van der Waals surface area contributed by atoms with E-state index in [0.29, 0.717) is 5.69 Å². The molecule has 122 valence electrons. The van der Waals surface area contributed by atoms with Crippen LogP contribution in [0.2, 0.25) is 0 Å². The lowest BCUT2D eigenvalue weighted by Crippen LogP contribution is -2.48. The van der Waals surface area contributed by atoms with E-state index in [1.54, 1.807) is 6.20 Å². The minimum absolute atomic E-state index is 0.0911. The van der Waals surface area contributed by atoms with Gasteiger partial charge in [-0.2, -0.15) is 5.10 Å². The molecule has 1 fully saturated rings. The van der Waals surface area contributed by atoms with Crippen LogP contribution in [-0.2, 0) is 13.1 Å². The van der Waals surface area contributed by atoms with E-state index in [4.69, 9.17) is 0 Å². The first-order chi connectivity index (χ1) is 11.3. The van der Waals surface area contributed by atoms with E-state index in [-0.39, 0.29) is 5.91 Å². The number of hydrogen-bond acceptors (Lipinski definition) is 4. The smallest absolute Gasteiger partial charge is 0.272 e. The topological polar surface area (TPSA) is 54.3 Å². The molecule has 0 bridgehead atoms. The fraction of sp³-hybridized carbons (Fsp3) is 0.471. The van der Waals surface area contributed by atoms with Gasteiger partial charge in [-0.1, -0.05) is 13.0 Å². The number of piperazine rings is 1. The number of carbonyl (C=O) groups is 1. The van der Waals surface area contributed by atoms with Crippen molar-refractivity contribution in [2.24, 2.45) is 0 Å². The number of aromatic nitrogens is 3. The molecule has 3 heterocycles. The highest BCUT2D eigenvalue weighted by molar-refractivity contribution is 5.92. The number of amides is 1.